The third-order valence-electron chi connectivity index (χ3n) is 11.5. The predicted octanol–water partition coefficient (Wildman–Crippen LogP) is 5.32. The molecule has 2 fully saturated rings. The summed E-state index contributed by atoms with van der Waals surface area (Å²) in [7, 11) is 0. The third kappa shape index (κ3) is 22.7. The van der Waals surface area contributed by atoms with Crippen LogP contribution >= 0.6 is 0 Å². The topological polar surface area (TPSA) is 228 Å². The molecule has 14 heteroatoms. The first kappa shape index (κ1) is 56.1. The molecule has 62 heavy (non-hydrogen) atoms. The Kier molecular flexibility index (Phi) is 31.9. The first-order chi connectivity index (χ1) is 30.1. The minimum absolute atomic E-state index is 0.262. The number of hydrogen-bond donors (Lipinski definition) is 9. The number of aliphatic hydroxyl groups is 8. The average molecular weight is 884 g/mol. The van der Waals surface area contributed by atoms with Crippen molar-refractivity contribution in [2.75, 3.05) is 19.8 Å². The molecular weight excluding hydrogens is 799 g/mol. The Labute approximate surface area is 372 Å². The van der Waals surface area contributed by atoms with Gasteiger partial charge in [0.1, 0.15) is 48.8 Å². The van der Waals surface area contributed by atoms with Gasteiger partial charge in [-0.3, -0.25) is 4.79 Å². The molecule has 360 valence electrons. The zero-order valence-corrected chi connectivity index (χ0v) is 37.8. The second-order valence-electron chi connectivity index (χ2n) is 16.9. The van der Waals surface area contributed by atoms with Crippen molar-refractivity contribution in [1.82, 2.24) is 5.32 Å². The van der Waals surface area contributed by atoms with E-state index in [1.54, 1.807) is 6.08 Å². The van der Waals surface area contributed by atoms with Gasteiger partial charge in [-0.1, -0.05) is 133 Å². The van der Waals surface area contributed by atoms with Crippen LogP contribution in [0.3, 0.4) is 0 Å². The highest BCUT2D eigenvalue weighted by atomic mass is 16.7. The highest BCUT2D eigenvalue weighted by Gasteiger charge is 2.50. The molecule has 0 radical (unpaired) electrons. The summed E-state index contributed by atoms with van der Waals surface area (Å²) in [5, 5.41) is 86.4. The Hall–Kier alpha value is -2.05. The van der Waals surface area contributed by atoms with Crippen LogP contribution in [0.2, 0.25) is 0 Å². The highest BCUT2D eigenvalue weighted by Crippen LogP contribution is 2.30. The van der Waals surface area contributed by atoms with Gasteiger partial charge >= 0.3 is 0 Å². The molecule has 14 nitrogen and oxygen atoms in total. The molecule has 0 saturated carbocycles. The first-order valence-electron chi connectivity index (χ1n) is 23.9. The van der Waals surface area contributed by atoms with Gasteiger partial charge in [0, 0.05) is 6.42 Å². The number of allylic oxidation sites excluding steroid dienone is 7. The van der Waals surface area contributed by atoms with E-state index in [9.17, 15) is 45.6 Å². The Bertz CT molecular complexity index is 1230. The number of carbonyl (C=O) groups is 1. The number of ether oxygens (including phenoxy) is 4. The Morgan fingerprint density at radius 1 is 0.581 bits per heavy atom. The maximum Gasteiger partial charge on any atom is 0.220 e. The highest BCUT2D eigenvalue weighted by molar-refractivity contribution is 5.76. The molecule has 12 unspecified atom stereocenters. The minimum Gasteiger partial charge on any atom is -0.394 e. The number of amides is 1. The van der Waals surface area contributed by atoms with Crippen LogP contribution in [-0.2, 0) is 23.7 Å². The third-order valence-corrected chi connectivity index (χ3v) is 11.5. The zero-order chi connectivity index (χ0) is 45.4. The molecule has 0 aromatic heterocycles. The number of aliphatic hydroxyl groups excluding tert-OH is 8. The van der Waals surface area contributed by atoms with Crippen LogP contribution in [-0.4, -0.2) is 140 Å². The lowest BCUT2D eigenvalue weighted by atomic mass is 9.97. The summed E-state index contributed by atoms with van der Waals surface area (Å²) in [6.45, 7) is 2.68. The molecule has 1 amide bonds. The Balaban J connectivity index is 1.86. The first-order valence-corrected chi connectivity index (χ1v) is 23.9. The van der Waals surface area contributed by atoms with E-state index in [0.717, 1.165) is 57.8 Å². The standard InChI is InChI=1S/C48H85NO13/c1-3-5-7-9-11-13-15-16-17-18-19-20-21-22-24-26-28-30-32-40(53)49-36(37(52)31-29-27-25-23-14-12-10-8-6-4-2)35-59-47-45(58)43(56)46(39(34-51)61-47)62-48-44(57)42(55)41(54)38(33-50)60-48/h13-15,17-18,23,29,31,36-39,41-48,50-52,54-58H,3-12,16,19-22,24-28,30,32-35H2,1-2H3,(H,49,53)/b15-13-,18-17-,23-14+,31-29+. The fourth-order valence-electron chi connectivity index (χ4n) is 7.51. The van der Waals surface area contributed by atoms with Gasteiger partial charge < -0.3 is 65.1 Å². The van der Waals surface area contributed by atoms with E-state index in [-0.39, 0.29) is 18.9 Å². The summed E-state index contributed by atoms with van der Waals surface area (Å²) in [5.41, 5.74) is 0. The molecule has 0 aliphatic carbocycles. The lowest BCUT2D eigenvalue weighted by Crippen LogP contribution is -2.65. The minimum atomic E-state index is -1.79. The van der Waals surface area contributed by atoms with Gasteiger partial charge in [-0.05, 0) is 64.2 Å². The number of hydrogen-bond acceptors (Lipinski definition) is 13. The van der Waals surface area contributed by atoms with Gasteiger partial charge in [0.15, 0.2) is 12.6 Å². The lowest BCUT2D eigenvalue weighted by Gasteiger charge is -2.46. The summed E-state index contributed by atoms with van der Waals surface area (Å²) in [6, 6.07) is -0.933. The normalized spacial score (nSPS) is 28.2. The number of rotatable bonds is 35. The van der Waals surface area contributed by atoms with Crippen molar-refractivity contribution in [2.45, 2.75) is 229 Å². The molecule has 2 heterocycles. The molecular formula is C48H85NO13. The van der Waals surface area contributed by atoms with Crippen molar-refractivity contribution in [3.05, 3.63) is 48.6 Å². The molecule has 2 aliphatic rings. The Morgan fingerprint density at radius 3 is 1.68 bits per heavy atom. The predicted molar refractivity (Wildman–Crippen MR) is 240 cm³/mol. The molecule has 0 spiro atoms. The van der Waals surface area contributed by atoms with Gasteiger partial charge in [0.2, 0.25) is 5.91 Å². The van der Waals surface area contributed by atoms with E-state index < -0.39 is 86.8 Å². The Morgan fingerprint density at radius 2 is 1.08 bits per heavy atom. The van der Waals surface area contributed by atoms with Crippen molar-refractivity contribution in [3.8, 4) is 0 Å². The van der Waals surface area contributed by atoms with Crippen LogP contribution in [0.15, 0.2) is 48.6 Å². The van der Waals surface area contributed by atoms with Crippen molar-refractivity contribution in [2.24, 2.45) is 0 Å². The van der Waals surface area contributed by atoms with Crippen LogP contribution in [0, 0.1) is 0 Å². The molecule has 2 rings (SSSR count). The SMILES string of the molecule is CCCCCC/C=C\C/C=C\CCCCCCCCCC(=O)NC(COC1OC(CO)C(OC2OC(CO)C(O)C(O)C2O)C(O)C1O)C(O)/C=C/CC/C=C/CCCCCC. The molecule has 9 N–H and O–H groups in total. The van der Waals surface area contributed by atoms with Crippen molar-refractivity contribution in [3.63, 3.8) is 0 Å². The molecule has 0 aromatic rings. The monoisotopic (exact) mass is 884 g/mol. The summed E-state index contributed by atoms with van der Waals surface area (Å²) in [4.78, 5) is 13.1. The van der Waals surface area contributed by atoms with E-state index in [2.05, 4.69) is 55.6 Å². The van der Waals surface area contributed by atoms with Gasteiger partial charge in [0.25, 0.3) is 0 Å². The number of nitrogens with one attached hydrogen (secondary N) is 1. The number of unbranched alkanes of at least 4 members (excludes halogenated alkanes) is 16. The molecule has 0 aromatic carbocycles. The maximum absolute atomic E-state index is 13.1. The fourth-order valence-corrected chi connectivity index (χ4v) is 7.51. The van der Waals surface area contributed by atoms with Crippen molar-refractivity contribution in [1.29, 1.82) is 0 Å². The van der Waals surface area contributed by atoms with Gasteiger partial charge in [-0.15, -0.1) is 0 Å². The summed E-state index contributed by atoms with van der Waals surface area (Å²) in [5.74, 6) is -0.262. The van der Waals surface area contributed by atoms with E-state index in [0.29, 0.717) is 12.8 Å². The maximum atomic E-state index is 13.1. The summed E-state index contributed by atoms with van der Waals surface area (Å²) in [6.07, 6.45) is 23.1. The largest absolute Gasteiger partial charge is 0.394 e. The lowest BCUT2D eigenvalue weighted by molar-refractivity contribution is -0.359. The average Bonchev–Trinajstić information content (AvgIpc) is 3.27. The second-order valence-corrected chi connectivity index (χ2v) is 16.9. The van der Waals surface area contributed by atoms with E-state index >= 15 is 0 Å². The summed E-state index contributed by atoms with van der Waals surface area (Å²) >= 11 is 0. The van der Waals surface area contributed by atoms with Gasteiger partial charge in [-0.25, -0.2) is 0 Å². The van der Waals surface area contributed by atoms with Gasteiger partial charge in [0.05, 0.1) is 32.0 Å². The van der Waals surface area contributed by atoms with Gasteiger partial charge in [-0.2, -0.15) is 0 Å². The fraction of sp³-hybridized carbons (Fsp3) is 0.812. The van der Waals surface area contributed by atoms with Crippen molar-refractivity contribution >= 4 is 5.91 Å². The van der Waals surface area contributed by atoms with Crippen LogP contribution in [0.5, 0.6) is 0 Å². The quantitative estimate of drug-likeness (QED) is 0.0291. The van der Waals surface area contributed by atoms with Crippen LogP contribution in [0.1, 0.15) is 155 Å². The van der Waals surface area contributed by atoms with Crippen molar-refractivity contribution < 1.29 is 64.6 Å². The van der Waals surface area contributed by atoms with Crippen LogP contribution in [0.25, 0.3) is 0 Å². The van der Waals surface area contributed by atoms with Crippen LogP contribution in [0.4, 0.5) is 0 Å². The van der Waals surface area contributed by atoms with Crippen LogP contribution < -0.4 is 5.32 Å². The molecule has 2 saturated heterocycles. The second kappa shape index (κ2) is 35.2. The van der Waals surface area contributed by atoms with E-state index in [1.807, 2.05) is 6.08 Å². The molecule has 0 bridgehead atoms. The zero-order valence-electron chi connectivity index (χ0n) is 37.8. The smallest absolute Gasteiger partial charge is 0.220 e. The van der Waals surface area contributed by atoms with E-state index in [1.165, 1.54) is 64.2 Å². The summed E-state index contributed by atoms with van der Waals surface area (Å²) < 4.78 is 22.6. The van der Waals surface area contributed by atoms with E-state index in [4.69, 9.17) is 18.9 Å². The number of carbonyl (C=O) groups excluding carboxylic acids is 1. The molecule has 2 aliphatic heterocycles. The molecule has 12 atom stereocenters.